The predicted octanol–water partition coefficient (Wildman–Crippen LogP) is 3.14. The molecule has 0 aliphatic heterocycles. The van der Waals surface area contributed by atoms with Crippen molar-refractivity contribution in [3.05, 3.63) is 29.3 Å². The first-order valence-electron chi connectivity index (χ1n) is 5.75. The summed E-state index contributed by atoms with van der Waals surface area (Å²) in [6.45, 7) is 0. The lowest BCUT2D eigenvalue weighted by Gasteiger charge is -2.22. The third-order valence-electron chi connectivity index (χ3n) is 2.57. The summed E-state index contributed by atoms with van der Waals surface area (Å²) in [6.07, 6.45) is -12.0. The Hall–Kier alpha value is -2.02. The number of hydrogen-bond acceptors (Lipinski definition) is 4. The van der Waals surface area contributed by atoms with E-state index in [0.717, 1.165) is 7.11 Å². The maximum Gasteiger partial charge on any atom is 0.416 e. The van der Waals surface area contributed by atoms with E-state index in [2.05, 4.69) is 4.74 Å². The number of carbonyl (C=O) groups is 1. The van der Waals surface area contributed by atoms with Gasteiger partial charge in [-0.3, -0.25) is 9.45 Å². The molecule has 0 aromatic heterocycles. The molecule has 24 heavy (non-hydrogen) atoms. The number of rotatable bonds is 3. The highest BCUT2D eigenvalue weighted by Crippen LogP contribution is 2.38. The first-order valence-corrected chi connectivity index (χ1v) is 7.36. The molecule has 0 bridgehead atoms. The van der Waals surface area contributed by atoms with Crippen molar-refractivity contribution in [1.82, 2.24) is 0 Å². The van der Waals surface area contributed by atoms with Crippen molar-refractivity contribution in [2.24, 2.45) is 0 Å². The number of methoxy groups -OCH3 is 1. The summed E-state index contributed by atoms with van der Waals surface area (Å²) < 4.78 is 111. The molecule has 0 spiro atoms. The molecule has 1 amide bonds. The lowest BCUT2D eigenvalue weighted by molar-refractivity contribution is -0.143. The molecule has 0 aliphatic rings. The summed E-state index contributed by atoms with van der Waals surface area (Å²) in [4.78, 5) is 11.4. The molecule has 0 unspecified atom stereocenters. The van der Waals surface area contributed by atoms with Gasteiger partial charge in [-0.1, -0.05) is 0 Å². The molecule has 0 saturated carbocycles. The molecule has 0 aliphatic carbocycles. The van der Waals surface area contributed by atoms with Crippen LogP contribution in [0.4, 0.5) is 36.8 Å². The Kier molecular flexibility index (Phi) is 5.40. The van der Waals surface area contributed by atoms with Crippen LogP contribution in [0.3, 0.4) is 0 Å². The van der Waals surface area contributed by atoms with Gasteiger partial charge in [0.25, 0.3) is 10.1 Å². The highest BCUT2D eigenvalue weighted by molar-refractivity contribution is 7.85. The maximum atomic E-state index is 12.8. The van der Waals surface area contributed by atoms with Gasteiger partial charge in [-0.25, -0.2) is 4.79 Å². The van der Waals surface area contributed by atoms with Gasteiger partial charge < -0.3 is 4.74 Å². The second-order valence-electron chi connectivity index (χ2n) is 4.37. The van der Waals surface area contributed by atoms with E-state index >= 15 is 0 Å². The summed E-state index contributed by atoms with van der Waals surface area (Å²) in [5, 5.41) is 0. The third kappa shape index (κ3) is 5.26. The molecule has 0 radical (unpaired) electrons. The van der Waals surface area contributed by atoms with E-state index in [1.165, 1.54) is 0 Å². The maximum absolute atomic E-state index is 12.8. The van der Waals surface area contributed by atoms with Crippen LogP contribution in [0.1, 0.15) is 11.1 Å². The number of benzene rings is 1. The zero-order chi connectivity index (χ0) is 18.9. The van der Waals surface area contributed by atoms with Crippen molar-refractivity contribution in [3.8, 4) is 0 Å². The lowest BCUT2D eigenvalue weighted by atomic mass is 10.1. The highest BCUT2D eigenvalue weighted by Gasteiger charge is 2.38. The number of alkyl halides is 6. The molecule has 0 heterocycles. The topological polar surface area (TPSA) is 83.9 Å². The van der Waals surface area contributed by atoms with E-state index in [4.69, 9.17) is 4.55 Å². The van der Waals surface area contributed by atoms with Gasteiger partial charge in [-0.2, -0.15) is 34.8 Å². The molecule has 1 aromatic rings. The van der Waals surface area contributed by atoms with Crippen molar-refractivity contribution in [1.29, 1.82) is 0 Å². The molecule has 0 saturated heterocycles. The van der Waals surface area contributed by atoms with Gasteiger partial charge in [0.15, 0.2) is 5.88 Å². The summed E-state index contributed by atoms with van der Waals surface area (Å²) >= 11 is 0. The average Bonchev–Trinajstić information content (AvgIpc) is 2.40. The number of amides is 1. The van der Waals surface area contributed by atoms with E-state index in [1.807, 2.05) is 0 Å². The predicted molar refractivity (Wildman–Crippen MR) is 67.7 cm³/mol. The van der Waals surface area contributed by atoms with E-state index in [1.54, 1.807) is 0 Å². The Bertz CT molecular complexity index is 695. The molecular formula is C11H9F6NO5S. The Labute approximate surface area is 131 Å². The van der Waals surface area contributed by atoms with Crippen LogP contribution in [0.5, 0.6) is 0 Å². The van der Waals surface area contributed by atoms with Crippen LogP contribution in [0.2, 0.25) is 0 Å². The zero-order valence-corrected chi connectivity index (χ0v) is 12.5. The standard InChI is InChI=1S/C11H9F6NO5S/c1-23-9(19)18(5-24(20,21)22)8-3-6(10(12,13)14)2-7(4-8)11(15,16)17/h2-4H,5H2,1H3,(H,20,21,22). The summed E-state index contributed by atoms with van der Waals surface area (Å²) in [7, 11) is -4.24. The van der Waals surface area contributed by atoms with E-state index < -0.39 is 51.3 Å². The van der Waals surface area contributed by atoms with Gasteiger partial charge in [-0.05, 0) is 18.2 Å². The van der Waals surface area contributed by atoms with Crippen molar-refractivity contribution in [3.63, 3.8) is 0 Å². The molecule has 136 valence electrons. The van der Waals surface area contributed by atoms with Gasteiger partial charge in [0, 0.05) is 5.69 Å². The minimum atomic E-state index is -5.20. The second-order valence-corrected chi connectivity index (χ2v) is 5.80. The molecule has 0 fully saturated rings. The van der Waals surface area contributed by atoms with E-state index in [9.17, 15) is 39.6 Å². The summed E-state index contributed by atoms with van der Waals surface area (Å²) in [5.41, 5.74) is -4.60. The van der Waals surface area contributed by atoms with Crippen LogP contribution in [-0.4, -0.2) is 32.1 Å². The van der Waals surface area contributed by atoms with Gasteiger partial charge in [-0.15, -0.1) is 0 Å². The average molecular weight is 381 g/mol. The highest BCUT2D eigenvalue weighted by atomic mass is 32.2. The van der Waals surface area contributed by atoms with Gasteiger partial charge >= 0.3 is 18.4 Å². The van der Waals surface area contributed by atoms with Gasteiger partial charge in [0.05, 0.1) is 18.2 Å². The molecular weight excluding hydrogens is 372 g/mol. The second kappa shape index (κ2) is 6.47. The fourth-order valence-electron chi connectivity index (χ4n) is 1.60. The number of carbonyl (C=O) groups excluding carboxylic acids is 1. The SMILES string of the molecule is COC(=O)N(CS(=O)(=O)O)c1cc(C(F)(F)F)cc(C(F)(F)F)c1. The lowest BCUT2D eigenvalue weighted by Crippen LogP contribution is -2.36. The van der Waals surface area contributed by atoms with Gasteiger partial charge in [0.2, 0.25) is 0 Å². The number of ether oxygens (including phenoxy) is 1. The number of nitrogens with zero attached hydrogens (tertiary/aromatic N) is 1. The minimum Gasteiger partial charge on any atom is -0.452 e. The molecule has 1 N–H and O–H groups in total. The molecule has 13 heteroatoms. The molecule has 1 aromatic carbocycles. The molecule has 0 atom stereocenters. The van der Waals surface area contributed by atoms with Crippen LogP contribution < -0.4 is 4.90 Å². The zero-order valence-electron chi connectivity index (χ0n) is 11.6. The number of halogens is 6. The summed E-state index contributed by atoms with van der Waals surface area (Å²) in [5.74, 6) is -1.60. The van der Waals surface area contributed by atoms with Crippen molar-refractivity contribution in [2.75, 3.05) is 17.9 Å². The Morgan fingerprint density at radius 1 is 1.08 bits per heavy atom. The monoisotopic (exact) mass is 381 g/mol. The van der Waals surface area contributed by atoms with E-state index in [-0.39, 0.29) is 23.1 Å². The number of anilines is 1. The fraction of sp³-hybridized carbons (Fsp3) is 0.364. The largest absolute Gasteiger partial charge is 0.452 e. The number of hydrogen-bond donors (Lipinski definition) is 1. The van der Waals surface area contributed by atoms with Crippen LogP contribution in [-0.2, 0) is 27.2 Å². The minimum absolute atomic E-state index is 0.0835. The normalized spacial score (nSPS) is 12.8. The fourth-order valence-corrected chi connectivity index (χ4v) is 2.18. The van der Waals surface area contributed by atoms with Crippen molar-refractivity contribution in [2.45, 2.75) is 12.4 Å². The van der Waals surface area contributed by atoms with Crippen LogP contribution >= 0.6 is 0 Å². The Balaban J connectivity index is 3.60. The summed E-state index contributed by atoms with van der Waals surface area (Å²) in [6, 6.07) is 0.0427. The molecule has 6 nitrogen and oxygen atoms in total. The van der Waals surface area contributed by atoms with Crippen LogP contribution in [0, 0.1) is 0 Å². The third-order valence-corrected chi connectivity index (χ3v) is 3.16. The van der Waals surface area contributed by atoms with E-state index in [0.29, 0.717) is 0 Å². The van der Waals surface area contributed by atoms with Crippen LogP contribution in [0.25, 0.3) is 0 Å². The first kappa shape index (κ1) is 20.0. The molecule has 1 rings (SSSR count). The van der Waals surface area contributed by atoms with Crippen molar-refractivity contribution >= 4 is 21.9 Å². The smallest absolute Gasteiger partial charge is 0.416 e. The first-order chi connectivity index (χ1) is 10.6. The quantitative estimate of drug-likeness (QED) is 0.642. The van der Waals surface area contributed by atoms with Gasteiger partial charge in [0.1, 0.15) is 0 Å². The Morgan fingerprint density at radius 2 is 1.50 bits per heavy atom. The van der Waals surface area contributed by atoms with Crippen LogP contribution in [0.15, 0.2) is 18.2 Å². The van der Waals surface area contributed by atoms with Crippen molar-refractivity contribution < 1.29 is 48.8 Å². The Morgan fingerprint density at radius 3 is 1.79 bits per heavy atom.